The van der Waals surface area contributed by atoms with E-state index in [0.29, 0.717) is 5.75 Å². The summed E-state index contributed by atoms with van der Waals surface area (Å²) in [5, 5.41) is 8.38. The molecular formula is C23H28N2O3S3. The molecule has 5 nitrogen and oxygen atoms in total. The van der Waals surface area contributed by atoms with Gasteiger partial charge in [0.1, 0.15) is 27.2 Å². The van der Waals surface area contributed by atoms with Gasteiger partial charge >= 0.3 is 5.97 Å². The molecule has 0 fully saturated rings. The summed E-state index contributed by atoms with van der Waals surface area (Å²) in [4.78, 5) is 12.4. The van der Waals surface area contributed by atoms with Crippen molar-refractivity contribution in [2.24, 2.45) is 10.2 Å². The van der Waals surface area contributed by atoms with Crippen LogP contribution in [0.25, 0.3) is 0 Å². The molecular weight excluding hydrogens is 448 g/mol. The van der Waals surface area contributed by atoms with Crippen LogP contribution in [0.2, 0.25) is 0 Å². The molecule has 0 saturated carbocycles. The zero-order chi connectivity index (χ0) is 22.5. The molecule has 0 aliphatic heterocycles. The minimum atomic E-state index is -0.721. The molecule has 0 aliphatic carbocycles. The van der Waals surface area contributed by atoms with Crippen molar-refractivity contribution in [1.29, 1.82) is 0 Å². The van der Waals surface area contributed by atoms with Gasteiger partial charge in [0.2, 0.25) is 0 Å². The van der Waals surface area contributed by atoms with Crippen LogP contribution in [0.15, 0.2) is 64.8 Å². The van der Waals surface area contributed by atoms with Crippen molar-refractivity contribution in [3.63, 3.8) is 0 Å². The Bertz CT molecular complexity index is 856. The minimum absolute atomic E-state index is 0.175. The first kappa shape index (κ1) is 25.4. The first-order chi connectivity index (χ1) is 14.9. The topological polar surface area (TPSA) is 60.2 Å². The highest BCUT2D eigenvalue weighted by Crippen LogP contribution is 2.32. The molecule has 0 N–H and O–H groups in total. The van der Waals surface area contributed by atoms with Crippen LogP contribution in [0.4, 0.5) is 11.4 Å². The molecule has 166 valence electrons. The number of benzene rings is 2. The number of azo groups is 1. The lowest BCUT2D eigenvalue weighted by Gasteiger charge is -2.22. The zero-order valence-corrected chi connectivity index (χ0v) is 20.5. The van der Waals surface area contributed by atoms with Crippen LogP contribution in [-0.4, -0.2) is 33.2 Å². The number of ether oxygens (including phenoxy) is 2. The summed E-state index contributed by atoms with van der Waals surface area (Å²) in [6, 6.07) is 16.8. The lowest BCUT2D eigenvalue weighted by molar-refractivity contribution is -0.146. The number of unbranched alkanes of at least 4 members (excludes halogenated alkanes) is 1. The number of rotatable bonds is 11. The molecule has 0 aromatic heterocycles. The van der Waals surface area contributed by atoms with Gasteiger partial charge in [-0.3, -0.25) is 4.79 Å². The van der Waals surface area contributed by atoms with Crippen molar-refractivity contribution >= 4 is 56.6 Å². The van der Waals surface area contributed by atoms with E-state index in [-0.39, 0.29) is 19.2 Å². The smallest absolute Gasteiger partial charge is 0.322 e. The van der Waals surface area contributed by atoms with Gasteiger partial charge in [0.05, 0.1) is 11.4 Å². The molecule has 0 unspecified atom stereocenters. The fourth-order valence-corrected chi connectivity index (χ4v) is 5.41. The predicted molar refractivity (Wildman–Crippen MR) is 135 cm³/mol. The Kier molecular flexibility index (Phi) is 11.0. The van der Waals surface area contributed by atoms with Crippen LogP contribution >= 0.6 is 35.7 Å². The summed E-state index contributed by atoms with van der Waals surface area (Å²) in [5.41, 5.74) is 1.53. The maximum atomic E-state index is 12.4. The number of carbonyl (C=O) groups excluding carboxylic acids is 1. The van der Waals surface area contributed by atoms with Gasteiger partial charge in [0.15, 0.2) is 0 Å². The third-order valence-electron chi connectivity index (χ3n) is 4.01. The number of hydrogen-bond donors (Lipinski definition) is 0. The van der Waals surface area contributed by atoms with Gasteiger partial charge in [-0.15, -0.1) is 11.8 Å². The maximum absolute atomic E-state index is 12.4. The van der Waals surface area contributed by atoms with E-state index in [4.69, 9.17) is 21.7 Å². The van der Waals surface area contributed by atoms with E-state index >= 15 is 0 Å². The maximum Gasteiger partial charge on any atom is 0.322 e. The summed E-state index contributed by atoms with van der Waals surface area (Å²) in [7, 11) is 0. The highest BCUT2D eigenvalue weighted by molar-refractivity contribution is 8.47. The molecule has 31 heavy (non-hydrogen) atoms. The van der Waals surface area contributed by atoms with Crippen LogP contribution in [0, 0.1) is 0 Å². The average molecular weight is 477 g/mol. The first-order valence-corrected chi connectivity index (χ1v) is 12.3. The number of hydrogen-bond acceptors (Lipinski definition) is 8. The Hall–Kier alpha value is -1.90. The molecule has 2 rings (SSSR count). The van der Waals surface area contributed by atoms with Crippen molar-refractivity contribution in [3.8, 4) is 5.75 Å². The monoisotopic (exact) mass is 476 g/mol. The van der Waals surface area contributed by atoms with Gasteiger partial charge in [-0.25, -0.2) is 0 Å². The third-order valence-corrected chi connectivity index (χ3v) is 6.79. The molecule has 8 heteroatoms. The Morgan fingerprint density at radius 3 is 2.29 bits per heavy atom. The van der Waals surface area contributed by atoms with Gasteiger partial charge in [-0.2, -0.15) is 10.2 Å². The molecule has 0 aliphatic rings. The lowest BCUT2D eigenvalue weighted by Crippen LogP contribution is -2.32. The van der Waals surface area contributed by atoms with Crippen LogP contribution in [0.3, 0.4) is 0 Å². The second-order valence-corrected chi connectivity index (χ2v) is 11.0. The quantitative estimate of drug-likeness (QED) is 0.146. The minimum Gasteiger partial charge on any atom is -0.490 e. The van der Waals surface area contributed by atoms with E-state index < -0.39 is 4.75 Å². The Balaban J connectivity index is 1.71. The standard InChI is InChI=1S/C23H28N2O3S3/c1-4-5-17-30-22(29)31-23(2,3)21(26)28-16-15-27-20-13-11-19(12-14-20)25-24-18-9-7-6-8-10-18/h6-14H,4-5,15-17H2,1-3H3. The average Bonchev–Trinajstić information content (AvgIpc) is 2.76. The summed E-state index contributed by atoms with van der Waals surface area (Å²) in [6.45, 7) is 6.25. The number of carbonyl (C=O) groups is 1. The molecule has 0 amide bonds. The van der Waals surface area contributed by atoms with E-state index in [1.54, 1.807) is 11.8 Å². The molecule has 2 aromatic rings. The number of esters is 1. The molecule has 0 atom stereocenters. The van der Waals surface area contributed by atoms with E-state index in [2.05, 4.69) is 17.2 Å². The molecule has 0 spiro atoms. The van der Waals surface area contributed by atoms with Crippen molar-refractivity contribution in [1.82, 2.24) is 0 Å². The van der Waals surface area contributed by atoms with Crippen molar-refractivity contribution < 1.29 is 14.3 Å². The number of nitrogens with zero attached hydrogens (tertiary/aromatic N) is 2. The third kappa shape index (κ3) is 9.84. The van der Waals surface area contributed by atoms with Gasteiger partial charge in [0, 0.05) is 0 Å². The van der Waals surface area contributed by atoms with E-state index in [1.807, 2.05) is 68.4 Å². The Morgan fingerprint density at radius 2 is 1.65 bits per heavy atom. The van der Waals surface area contributed by atoms with Gasteiger partial charge in [-0.05, 0) is 62.4 Å². The highest BCUT2D eigenvalue weighted by atomic mass is 32.2. The highest BCUT2D eigenvalue weighted by Gasteiger charge is 2.31. The van der Waals surface area contributed by atoms with Gasteiger partial charge in [0.25, 0.3) is 0 Å². The molecule has 2 aromatic carbocycles. The van der Waals surface area contributed by atoms with E-state index in [0.717, 1.165) is 33.5 Å². The normalized spacial score (nSPS) is 11.5. The van der Waals surface area contributed by atoms with Crippen LogP contribution < -0.4 is 4.74 Å². The second-order valence-electron chi connectivity index (χ2n) is 7.08. The van der Waals surface area contributed by atoms with E-state index in [1.165, 1.54) is 11.8 Å². The van der Waals surface area contributed by atoms with Crippen molar-refractivity contribution in [2.45, 2.75) is 38.4 Å². The van der Waals surface area contributed by atoms with Gasteiger partial charge < -0.3 is 9.47 Å². The van der Waals surface area contributed by atoms with Crippen LogP contribution in [0.1, 0.15) is 33.6 Å². The largest absolute Gasteiger partial charge is 0.490 e. The Labute approximate surface area is 198 Å². The van der Waals surface area contributed by atoms with Crippen LogP contribution in [-0.2, 0) is 9.53 Å². The molecule has 0 heterocycles. The van der Waals surface area contributed by atoms with E-state index in [9.17, 15) is 4.79 Å². The molecule has 0 saturated heterocycles. The predicted octanol–water partition coefficient (Wildman–Crippen LogP) is 7.35. The van der Waals surface area contributed by atoms with Crippen molar-refractivity contribution in [3.05, 3.63) is 54.6 Å². The number of thiocarbonyl (C=S) groups is 1. The summed E-state index contributed by atoms with van der Waals surface area (Å²) >= 11 is 8.37. The number of thioether (sulfide) groups is 2. The molecule has 0 bridgehead atoms. The van der Waals surface area contributed by atoms with Crippen molar-refractivity contribution in [2.75, 3.05) is 19.0 Å². The zero-order valence-electron chi connectivity index (χ0n) is 18.1. The first-order valence-electron chi connectivity index (χ1n) is 10.1. The summed E-state index contributed by atoms with van der Waals surface area (Å²) < 4.78 is 11.1. The Morgan fingerprint density at radius 1 is 1.00 bits per heavy atom. The fraction of sp³-hybridized carbons (Fsp3) is 0.391. The van der Waals surface area contributed by atoms with Crippen LogP contribution in [0.5, 0.6) is 5.75 Å². The SMILES string of the molecule is CCCCSC(=S)SC(C)(C)C(=O)OCCOc1ccc(N=Nc2ccccc2)cc1. The molecule has 0 radical (unpaired) electrons. The summed E-state index contributed by atoms with van der Waals surface area (Å²) in [5.74, 6) is 1.36. The lowest BCUT2D eigenvalue weighted by atomic mass is 10.2. The summed E-state index contributed by atoms with van der Waals surface area (Å²) in [6.07, 6.45) is 2.25. The van der Waals surface area contributed by atoms with Gasteiger partial charge in [-0.1, -0.05) is 55.5 Å². The fourth-order valence-electron chi connectivity index (χ4n) is 2.27. The second kappa shape index (κ2) is 13.5.